The summed E-state index contributed by atoms with van der Waals surface area (Å²) >= 11 is 0. The normalized spacial score (nSPS) is 10.3. The summed E-state index contributed by atoms with van der Waals surface area (Å²) in [6.07, 6.45) is 0. The Balaban J connectivity index is 2.27. The van der Waals surface area contributed by atoms with Gasteiger partial charge >= 0.3 is 0 Å². The molecule has 0 fully saturated rings. The van der Waals surface area contributed by atoms with Gasteiger partial charge in [0.15, 0.2) is 0 Å². The maximum Gasteiger partial charge on any atom is 0.274 e. The standard InChI is InChI=1S/C18H24N4O2/c1-5-22(6-2)18-19-13(4)12-15(21-18)17(23)20-14-10-8-9-11-16(14)24-7-3/h8-12H,5-7H2,1-4H3,(H,20,23). The summed E-state index contributed by atoms with van der Waals surface area (Å²) in [5, 5.41) is 2.87. The van der Waals surface area contributed by atoms with Gasteiger partial charge in [-0.2, -0.15) is 0 Å². The summed E-state index contributed by atoms with van der Waals surface area (Å²) < 4.78 is 5.54. The summed E-state index contributed by atoms with van der Waals surface area (Å²) in [7, 11) is 0. The van der Waals surface area contributed by atoms with Gasteiger partial charge in [0.25, 0.3) is 5.91 Å². The Bertz CT molecular complexity index is 699. The number of rotatable bonds is 7. The minimum absolute atomic E-state index is 0.277. The van der Waals surface area contributed by atoms with Crippen LogP contribution in [0.3, 0.4) is 0 Å². The van der Waals surface area contributed by atoms with Gasteiger partial charge in [-0.15, -0.1) is 0 Å². The van der Waals surface area contributed by atoms with E-state index in [1.165, 1.54) is 0 Å². The van der Waals surface area contributed by atoms with Crippen LogP contribution in [0.25, 0.3) is 0 Å². The average molecular weight is 328 g/mol. The van der Waals surface area contributed by atoms with Crippen molar-refractivity contribution in [2.45, 2.75) is 27.7 Å². The van der Waals surface area contributed by atoms with Gasteiger partial charge in [0.2, 0.25) is 5.95 Å². The van der Waals surface area contributed by atoms with Crippen LogP contribution >= 0.6 is 0 Å². The van der Waals surface area contributed by atoms with Crippen LogP contribution in [0.1, 0.15) is 37.0 Å². The molecular weight excluding hydrogens is 304 g/mol. The molecule has 0 saturated carbocycles. The van der Waals surface area contributed by atoms with Crippen LogP contribution in [-0.4, -0.2) is 35.6 Å². The molecule has 2 aromatic rings. The highest BCUT2D eigenvalue weighted by Gasteiger charge is 2.15. The maximum absolute atomic E-state index is 12.6. The Kier molecular flexibility index (Phi) is 6.12. The third-order valence-corrected chi connectivity index (χ3v) is 3.56. The first-order valence-electron chi connectivity index (χ1n) is 8.22. The van der Waals surface area contributed by atoms with Crippen molar-refractivity contribution < 1.29 is 9.53 Å². The fraction of sp³-hybridized carbons (Fsp3) is 0.389. The number of nitrogens with one attached hydrogen (secondary N) is 1. The Labute approximate surface area is 142 Å². The number of carbonyl (C=O) groups excluding carboxylic acids is 1. The quantitative estimate of drug-likeness (QED) is 0.845. The number of carbonyl (C=O) groups is 1. The predicted octanol–water partition coefficient (Wildman–Crippen LogP) is 3.28. The van der Waals surface area contributed by atoms with Gasteiger partial charge in [-0.05, 0) is 45.9 Å². The van der Waals surface area contributed by atoms with Crippen LogP contribution in [0.2, 0.25) is 0 Å². The van der Waals surface area contributed by atoms with Gasteiger partial charge in [-0.3, -0.25) is 4.79 Å². The van der Waals surface area contributed by atoms with Crippen molar-refractivity contribution >= 4 is 17.5 Å². The molecule has 0 saturated heterocycles. The Hall–Kier alpha value is -2.63. The van der Waals surface area contributed by atoms with E-state index >= 15 is 0 Å². The predicted molar refractivity (Wildman–Crippen MR) is 95.9 cm³/mol. The van der Waals surface area contributed by atoms with E-state index in [2.05, 4.69) is 15.3 Å². The summed E-state index contributed by atoms with van der Waals surface area (Å²) in [5.41, 5.74) is 1.73. The number of nitrogens with zero attached hydrogens (tertiary/aromatic N) is 3. The van der Waals surface area contributed by atoms with E-state index in [4.69, 9.17) is 4.74 Å². The highest BCUT2D eigenvalue weighted by atomic mass is 16.5. The molecule has 1 amide bonds. The lowest BCUT2D eigenvalue weighted by Crippen LogP contribution is -2.26. The van der Waals surface area contributed by atoms with E-state index in [-0.39, 0.29) is 5.91 Å². The summed E-state index contributed by atoms with van der Waals surface area (Å²) in [4.78, 5) is 23.4. The second-order valence-electron chi connectivity index (χ2n) is 5.25. The van der Waals surface area contributed by atoms with E-state index in [0.717, 1.165) is 18.8 Å². The molecule has 0 radical (unpaired) electrons. The lowest BCUT2D eigenvalue weighted by Gasteiger charge is -2.19. The lowest BCUT2D eigenvalue weighted by atomic mass is 10.2. The van der Waals surface area contributed by atoms with E-state index in [9.17, 15) is 4.79 Å². The van der Waals surface area contributed by atoms with Crippen molar-refractivity contribution in [2.75, 3.05) is 29.9 Å². The number of amides is 1. The average Bonchev–Trinajstić information content (AvgIpc) is 2.57. The minimum Gasteiger partial charge on any atom is -0.492 e. The molecule has 2 rings (SSSR count). The summed E-state index contributed by atoms with van der Waals surface area (Å²) in [6, 6.07) is 9.04. The van der Waals surface area contributed by atoms with Crippen molar-refractivity contribution in [3.63, 3.8) is 0 Å². The summed E-state index contributed by atoms with van der Waals surface area (Å²) in [6.45, 7) is 9.94. The van der Waals surface area contributed by atoms with Gasteiger partial charge in [0, 0.05) is 18.8 Å². The second kappa shape index (κ2) is 8.29. The van der Waals surface area contributed by atoms with Gasteiger partial charge in [0.05, 0.1) is 12.3 Å². The van der Waals surface area contributed by atoms with Crippen molar-refractivity contribution in [1.82, 2.24) is 9.97 Å². The fourth-order valence-electron chi connectivity index (χ4n) is 2.35. The SMILES string of the molecule is CCOc1ccccc1NC(=O)c1cc(C)nc(N(CC)CC)n1. The second-order valence-corrected chi connectivity index (χ2v) is 5.25. The number of hydrogen-bond acceptors (Lipinski definition) is 5. The third kappa shape index (κ3) is 4.22. The molecule has 0 unspecified atom stereocenters. The maximum atomic E-state index is 12.6. The van der Waals surface area contributed by atoms with Crippen molar-refractivity contribution in [3.05, 3.63) is 41.7 Å². The van der Waals surface area contributed by atoms with E-state index < -0.39 is 0 Å². The largest absolute Gasteiger partial charge is 0.492 e. The Morgan fingerprint density at radius 2 is 1.88 bits per heavy atom. The van der Waals surface area contributed by atoms with Gasteiger partial charge in [-0.25, -0.2) is 9.97 Å². The first-order valence-corrected chi connectivity index (χ1v) is 8.22. The monoisotopic (exact) mass is 328 g/mol. The Morgan fingerprint density at radius 3 is 2.54 bits per heavy atom. The van der Waals surface area contributed by atoms with Crippen LogP contribution in [0.5, 0.6) is 5.75 Å². The molecule has 6 heteroatoms. The topological polar surface area (TPSA) is 67.3 Å². The summed E-state index contributed by atoms with van der Waals surface area (Å²) in [5.74, 6) is 0.937. The van der Waals surface area contributed by atoms with Crippen LogP contribution in [0.4, 0.5) is 11.6 Å². The van der Waals surface area contributed by atoms with Crippen LogP contribution in [-0.2, 0) is 0 Å². The Morgan fingerprint density at radius 1 is 1.17 bits per heavy atom. The number of ether oxygens (including phenoxy) is 1. The molecule has 0 atom stereocenters. The molecule has 1 aromatic heterocycles. The highest BCUT2D eigenvalue weighted by Crippen LogP contribution is 2.24. The van der Waals surface area contributed by atoms with Gasteiger partial charge < -0.3 is 15.0 Å². The zero-order valence-corrected chi connectivity index (χ0v) is 14.7. The zero-order chi connectivity index (χ0) is 17.5. The molecule has 0 spiro atoms. The van der Waals surface area contributed by atoms with Crippen LogP contribution in [0.15, 0.2) is 30.3 Å². The van der Waals surface area contributed by atoms with E-state index in [1.807, 2.05) is 56.9 Å². The molecule has 1 aromatic carbocycles. The van der Waals surface area contributed by atoms with Crippen LogP contribution < -0.4 is 15.0 Å². The third-order valence-electron chi connectivity index (χ3n) is 3.56. The number of benzene rings is 1. The van der Waals surface area contributed by atoms with E-state index in [1.54, 1.807) is 6.07 Å². The molecular formula is C18H24N4O2. The number of anilines is 2. The number of aromatic nitrogens is 2. The number of para-hydroxylation sites is 2. The van der Waals surface area contributed by atoms with Crippen molar-refractivity contribution in [3.8, 4) is 5.75 Å². The molecule has 0 aliphatic rings. The first kappa shape index (κ1) is 17.7. The molecule has 1 heterocycles. The van der Waals surface area contributed by atoms with Crippen molar-refractivity contribution in [1.29, 1.82) is 0 Å². The molecule has 0 aliphatic carbocycles. The van der Waals surface area contributed by atoms with Crippen molar-refractivity contribution in [2.24, 2.45) is 0 Å². The van der Waals surface area contributed by atoms with E-state index in [0.29, 0.717) is 29.7 Å². The molecule has 0 bridgehead atoms. The molecule has 6 nitrogen and oxygen atoms in total. The molecule has 24 heavy (non-hydrogen) atoms. The number of hydrogen-bond donors (Lipinski definition) is 1. The minimum atomic E-state index is -0.277. The first-order chi connectivity index (χ1) is 11.6. The smallest absolute Gasteiger partial charge is 0.274 e. The fourth-order valence-corrected chi connectivity index (χ4v) is 2.35. The lowest BCUT2D eigenvalue weighted by molar-refractivity contribution is 0.102. The molecule has 0 aliphatic heterocycles. The highest BCUT2D eigenvalue weighted by molar-refractivity contribution is 6.03. The molecule has 1 N–H and O–H groups in total. The van der Waals surface area contributed by atoms with Gasteiger partial charge in [0.1, 0.15) is 11.4 Å². The number of aryl methyl sites for hydroxylation is 1. The molecule has 128 valence electrons. The van der Waals surface area contributed by atoms with Crippen LogP contribution in [0, 0.1) is 6.92 Å². The zero-order valence-electron chi connectivity index (χ0n) is 14.7. The van der Waals surface area contributed by atoms with Gasteiger partial charge in [-0.1, -0.05) is 12.1 Å².